The van der Waals surface area contributed by atoms with Gasteiger partial charge in [-0.15, -0.1) is 0 Å². The highest BCUT2D eigenvalue weighted by Crippen LogP contribution is 2.31. The molecule has 34 heavy (non-hydrogen) atoms. The number of nitrogens with zero attached hydrogens (tertiary/aromatic N) is 2. The van der Waals surface area contributed by atoms with Gasteiger partial charge in [0.1, 0.15) is 23.6 Å². The summed E-state index contributed by atoms with van der Waals surface area (Å²) in [4.78, 5) is 30.0. The van der Waals surface area contributed by atoms with Crippen LogP contribution in [0, 0.1) is 6.92 Å². The van der Waals surface area contributed by atoms with Gasteiger partial charge in [0.15, 0.2) is 0 Å². The van der Waals surface area contributed by atoms with Crippen LogP contribution in [-0.4, -0.2) is 29.9 Å². The molecule has 1 aliphatic heterocycles. The maximum absolute atomic E-state index is 13.5. The first-order chi connectivity index (χ1) is 16.5. The summed E-state index contributed by atoms with van der Waals surface area (Å²) < 4.78 is 11.3. The summed E-state index contributed by atoms with van der Waals surface area (Å²) in [5, 5.41) is 1.24. The van der Waals surface area contributed by atoms with Crippen molar-refractivity contribution in [3.8, 4) is 5.75 Å². The first-order valence-corrected chi connectivity index (χ1v) is 11.3. The van der Waals surface area contributed by atoms with Gasteiger partial charge in [0.05, 0.1) is 23.7 Å². The van der Waals surface area contributed by atoms with E-state index >= 15 is 0 Å². The molecule has 2 heterocycles. The number of hydrogen-bond acceptors (Lipinski definition) is 4. The number of rotatable bonds is 5. The van der Waals surface area contributed by atoms with Crippen LogP contribution in [0.1, 0.15) is 21.7 Å². The van der Waals surface area contributed by atoms with Crippen LogP contribution in [0.3, 0.4) is 0 Å². The Morgan fingerprint density at radius 1 is 1.03 bits per heavy atom. The van der Waals surface area contributed by atoms with E-state index in [1.165, 1.54) is 4.90 Å². The normalized spacial score (nSPS) is 13.6. The van der Waals surface area contributed by atoms with Gasteiger partial charge in [-0.25, -0.2) is 0 Å². The summed E-state index contributed by atoms with van der Waals surface area (Å²) in [7, 11) is 0. The van der Waals surface area contributed by atoms with E-state index in [4.69, 9.17) is 20.8 Å². The van der Waals surface area contributed by atoms with E-state index in [-0.39, 0.29) is 30.0 Å². The van der Waals surface area contributed by atoms with Crippen LogP contribution in [-0.2, 0) is 17.9 Å². The second-order valence-corrected chi connectivity index (χ2v) is 8.42. The van der Waals surface area contributed by atoms with Crippen molar-refractivity contribution in [1.29, 1.82) is 0 Å². The molecule has 0 fully saturated rings. The summed E-state index contributed by atoms with van der Waals surface area (Å²) in [6.07, 6.45) is 0. The summed E-state index contributed by atoms with van der Waals surface area (Å²) in [5.41, 5.74) is 2.62. The summed E-state index contributed by atoms with van der Waals surface area (Å²) >= 11 is 6.40. The highest BCUT2D eigenvalue weighted by atomic mass is 35.5. The lowest BCUT2D eigenvalue weighted by molar-refractivity contribution is -0.130. The van der Waals surface area contributed by atoms with Crippen LogP contribution < -0.4 is 9.64 Å². The number of benzene rings is 3. The van der Waals surface area contributed by atoms with Gasteiger partial charge in [-0.05, 0) is 48.9 Å². The fourth-order valence-electron chi connectivity index (χ4n) is 4.17. The smallest absolute Gasteiger partial charge is 0.260 e. The Bertz CT molecular complexity index is 1350. The topological polar surface area (TPSA) is 63.0 Å². The number of hydrogen-bond donors (Lipinski definition) is 0. The van der Waals surface area contributed by atoms with Gasteiger partial charge >= 0.3 is 0 Å². The molecule has 1 aliphatic rings. The van der Waals surface area contributed by atoms with E-state index in [2.05, 4.69) is 6.92 Å². The molecule has 0 N–H and O–H groups in total. The quantitative estimate of drug-likeness (QED) is 0.384. The van der Waals surface area contributed by atoms with Gasteiger partial charge < -0.3 is 14.1 Å². The van der Waals surface area contributed by atoms with Crippen LogP contribution >= 0.6 is 11.6 Å². The van der Waals surface area contributed by atoms with E-state index in [1.54, 1.807) is 23.1 Å². The van der Waals surface area contributed by atoms with Crippen molar-refractivity contribution < 1.29 is 18.7 Å². The SMILES string of the molecule is [CH2]COc1ccc(C(=O)N2CC(=O)N(Cc3cc4ccccc4o3)Cc3ccccc32)c(Cl)c1. The first kappa shape index (κ1) is 22.0. The van der Waals surface area contributed by atoms with Crippen molar-refractivity contribution in [3.05, 3.63) is 102 Å². The first-order valence-electron chi connectivity index (χ1n) is 10.9. The minimum Gasteiger partial charge on any atom is -0.494 e. The highest BCUT2D eigenvalue weighted by Gasteiger charge is 2.31. The number of anilines is 1. The molecule has 4 aromatic rings. The number of carbonyl (C=O) groups excluding carboxylic acids is 2. The Kier molecular flexibility index (Phi) is 5.99. The number of halogens is 1. The molecule has 5 rings (SSSR count). The van der Waals surface area contributed by atoms with E-state index in [1.807, 2.05) is 54.6 Å². The van der Waals surface area contributed by atoms with E-state index in [9.17, 15) is 9.59 Å². The molecule has 0 unspecified atom stereocenters. The van der Waals surface area contributed by atoms with Crippen molar-refractivity contribution in [3.63, 3.8) is 0 Å². The van der Waals surface area contributed by atoms with Crippen LogP contribution in [0.25, 0.3) is 11.0 Å². The number of ether oxygens (including phenoxy) is 1. The predicted molar refractivity (Wildman–Crippen MR) is 131 cm³/mol. The molecule has 0 aliphatic carbocycles. The maximum Gasteiger partial charge on any atom is 0.260 e. The largest absolute Gasteiger partial charge is 0.494 e. The van der Waals surface area contributed by atoms with Crippen molar-refractivity contribution in [1.82, 2.24) is 4.90 Å². The average Bonchev–Trinajstić information content (AvgIpc) is 3.19. The fraction of sp³-hybridized carbons (Fsp3) is 0.148. The van der Waals surface area contributed by atoms with Crippen LogP contribution in [0.2, 0.25) is 5.02 Å². The molecule has 1 aromatic heterocycles. The minimum atomic E-state index is -0.349. The lowest BCUT2D eigenvalue weighted by atomic mass is 10.1. The zero-order chi connectivity index (χ0) is 23.7. The minimum absolute atomic E-state index is 0.108. The molecule has 0 saturated heterocycles. The molecule has 0 atom stereocenters. The summed E-state index contributed by atoms with van der Waals surface area (Å²) in [6, 6.07) is 22.1. The molecule has 7 heteroatoms. The van der Waals surface area contributed by atoms with Crippen molar-refractivity contribution in [2.24, 2.45) is 0 Å². The molecule has 0 bridgehead atoms. The molecule has 3 aromatic carbocycles. The molecular formula is C27H22ClN2O4. The van der Waals surface area contributed by atoms with Crippen molar-refractivity contribution >= 4 is 40.1 Å². The fourth-order valence-corrected chi connectivity index (χ4v) is 4.42. The van der Waals surface area contributed by atoms with Gasteiger partial charge in [-0.3, -0.25) is 14.5 Å². The van der Waals surface area contributed by atoms with Gasteiger partial charge in [0, 0.05) is 17.6 Å². The van der Waals surface area contributed by atoms with Crippen LogP contribution in [0.15, 0.2) is 77.2 Å². The van der Waals surface area contributed by atoms with Gasteiger partial charge in [-0.2, -0.15) is 0 Å². The average molecular weight is 474 g/mol. The third-order valence-corrected chi connectivity index (χ3v) is 6.11. The monoisotopic (exact) mass is 473 g/mol. The highest BCUT2D eigenvalue weighted by molar-refractivity contribution is 6.34. The Balaban J connectivity index is 1.45. The second kappa shape index (κ2) is 9.23. The molecule has 0 saturated carbocycles. The predicted octanol–water partition coefficient (Wildman–Crippen LogP) is 5.49. The third kappa shape index (κ3) is 4.24. The Labute approximate surface area is 202 Å². The molecule has 0 spiro atoms. The second-order valence-electron chi connectivity index (χ2n) is 8.01. The van der Waals surface area contributed by atoms with Gasteiger partial charge in [0.2, 0.25) is 5.91 Å². The lowest BCUT2D eigenvalue weighted by Crippen LogP contribution is -2.40. The van der Waals surface area contributed by atoms with E-state index < -0.39 is 0 Å². The number of para-hydroxylation sites is 2. The van der Waals surface area contributed by atoms with Gasteiger partial charge in [-0.1, -0.05) is 48.0 Å². The molecule has 2 amide bonds. The third-order valence-electron chi connectivity index (χ3n) is 5.80. The van der Waals surface area contributed by atoms with E-state index in [0.29, 0.717) is 35.9 Å². The molecule has 1 radical (unpaired) electrons. The Hall–Kier alpha value is -3.77. The van der Waals surface area contributed by atoms with Crippen molar-refractivity contribution in [2.45, 2.75) is 13.1 Å². The summed E-state index contributed by atoms with van der Waals surface area (Å²) in [5.74, 6) is 0.687. The van der Waals surface area contributed by atoms with E-state index in [0.717, 1.165) is 16.5 Å². The van der Waals surface area contributed by atoms with Crippen molar-refractivity contribution in [2.75, 3.05) is 18.1 Å². The van der Waals surface area contributed by atoms with Gasteiger partial charge in [0.25, 0.3) is 5.91 Å². The molecule has 6 nitrogen and oxygen atoms in total. The maximum atomic E-state index is 13.5. The van der Waals surface area contributed by atoms with Crippen LogP contribution in [0.4, 0.5) is 5.69 Å². The number of furan rings is 1. The Morgan fingerprint density at radius 2 is 1.82 bits per heavy atom. The lowest BCUT2D eigenvalue weighted by Gasteiger charge is -2.23. The number of fused-ring (bicyclic) bond motifs is 2. The summed E-state index contributed by atoms with van der Waals surface area (Å²) in [6.45, 7) is 4.45. The standard InChI is InChI=1S/C27H22ClN2O4/c1-2-33-20-11-12-22(23(28)14-20)27(32)30-17-26(31)29(15-19-8-3-5-9-24(19)30)16-21-13-18-7-4-6-10-25(18)34-21/h3-14H,1-2,15-17H2. The zero-order valence-electron chi connectivity index (χ0n) is 18.4. The number of carbonyl (C=O) groups is 2. The molecule has 171 valence electrons. The molecular weight excluding hydrogens is 452 g/mol. The zero-order valence-corrected chi connectivity index (χ0v) is 19.1. The number of amides is 2. The Morgan fingerprint density at radius 3 is 2.62 bits per heavy atom. The van der Waals surface area contributed by atoms with Crippen LogP contribution in [0.5, 0.6) is 5.75 Å².